The lowest BCUT2D eigenvalue weighted by Gasteiger charge is -2.33. The van der Waals surface area contributed by atoms with Crippen molar-refractivity contribution in [3.63, 3.8) is 0 Å². The van der Waals surface area contributed by atoms with Crippen LogP contribution in [0.3, 0.4) is 0 Å². The van der Waals surface area contributed by atoms with Crippen LogP contribution in [0.5, 0.6) is 0 Å². The molecule has 2 rings (SSSR count). The smallest absolute Gasteiger partial charge is 0.230 e. The van der Waals surface area contributed by atoms with E-state index in [1.165, 1.54) is 12.8 Å². The van der Waals surface area contributed by atoms with Gasteiger partial charge in [-0.2, -0.15) is 11.8 Å². The number of carbonyl (C=O) groups excluding carboxylic acids is 1. The summed E-state index contributed by atoms with van der Waals surface area (Å²) in [5, 5.41) is 7.28. The summed E-state index contributed by atoms with van der Waals surface area (Å²) in [5.41, 5.74) is -0.346. The van der Waals surface area contributed by atoms with E-state index in [1.54, 1.807) is 7.11 Å². The van der Waals surface area contributed by atoms with E-state index >= 15 is 0 Å². The Morgan fingerprint density at radius 3 is 3.00 bits per heavy atom. The van der Waals surface area contributed by atoms with Crippen molar-refractivity contribution in [2.45, 2.75) is 43.4 Å². The van der Waals surface area contributed by atoms with Gasteiger partial charge in [0.15, 0.2) is 0 Å². The summed E-state index contributed by atoms with van der Waals surface area (Å²) in [7, 11) is 1.68. The largest absolute Gasteiger partial charge is 0.384 e. The van der Waals surface area contributed by atoms with Crippen molar-refractivity contribution in [1.82, 2.24) is 10.6 Å². The highest BCUT2D eigenvalue weighted by Crippen LogP contribution is 2.30. The molecule has 5 heteroatoms. The minimum absolute atomic E-state index is 0.186. The molecule has 110 valence electrons. The number of hydrogen-bond donors (Lipinski definition) is 2. The van der Waals surface area contributed by atoms with Gasteiger partial charge in [-0.1, -0.05) is 6.42 Å². The van der Waals surface area contributed by atoms with E-state index in [1.807, 2.05) is 11.8 Å². The van der Waals surface area contributed by atoms with Crippen LogP contribution in [0.25, 0.3) is 0 Å². The van der Waals surface area contributed by atoms with E-state index in [9.17, 15) is 4.79 Å². The third-order valence-corrected chi connectivity index (χ3v) is 5.54. The molecule has 0 bridgehead atoms. The van der Waals surface area contributed by atoms with Crippen LogP contribution >= 0.6 is 11.8 Å². The van der Waals surface area contributed by atoms with Gasteiger partial charge in [0.2, 0.25) is 5.91 Å². The molecule has 2 aliphatic rings. The third kappa shape index (κ3) is 3.64. The van der Waals surface area contributed by atoms with E-state index in [4.69, 9.17) is 4.74 Å². The first-order chi connectivity index (χ1) is 9.20. The zero-order valence-corrected chi connectivity index (χ0v) is 12.9. The summed E-state index contributed by atoms with van der Waals surface area (Å²) in [5.74, 6) is 0.186. The van der Waals surface area contributed by atoms with Crippen LogP contribution in [-0.4, -0.2) is 50.3 Å². The molecule has 2 N–H and O–H groups in total. The van der Waals surface area contributed by atoms with Crippen LogP contribution in [0.1, 0.15) is 32.1 Å². The summed E-state index contributed by atoms with van der Waals surface area (Å²) in [6, 6.07) is 0.355. The summed E-state index contributed by atoms with van der Waals surface area (Å²) in [4.78, 5) is 12.6. The second-order valence-electron chi connectivity index (χ2n) is 5.83. The molecular weight excluding hydrogens is 260 g/mol. The second kappa shape index (κ2) is 6.95. The monoisotopic (exact) mass is 286 g/mol. The van der Waals surface area contributed by atoms with Gasteiger partial charge in [0.25, 0.3) is 0 Å². The molecule has 1 aliphatic heterocycles. The van der Waals surface area contributed by atoms with Crippen molar-refractivity contribution in [2.24, 2.45) is 5.41 Å². The van der Waals surface area contributed by atoms with Crippen molar-refractivity contribution >= 4 is 17.7 Å². The van der Waals surface area contributed by atoms with Gasteiger partial charge >= 0.3 is 0 Å². The topological polar surface area (TPSA) is 50.4 Å². The standard InChI is InChI=1S/C14H26N2O2S/c1-18-10-14(6-7-15-9-14)13(17)16-11-4-3-5-12(8-11)19-2/h11-12,15H,3-10H2,1-2H3,(H,16,17). The van der Waals surface area contributed by atoms with Gasteiger partial charge in [-0.05, 0) is 38.5 Å². The molecule has 3 atom stereocenters. The molecule has 1 aliphatic carbocycles. The molecule has 1 amide bonds. The highest BCUT2D eigenvalue weighted by Gasteiger charge is 2.42. The number of hydrogen-bond acceptors (Lipinski definition) is 4. The quantitative estimate of drug-likeness (QED) is 0.802. The van der Waals surface area contributed by atoms with E-state index in [0.29, 0.717) is 17.9 Å². The van der Waals surface area contributed by atoms with Gasteiger partial charge in [-0.15, -0.1) is 0 Å². The molecule has 1 saturated heterocycles. The van der Waals surface area contributed by atoms with Crippen LogP contribution in [0.15, 0.2) is 0 Å². The van der Waals surface area contributed by atoms with Crippen molar-refractivity contribution in [1.29, 1.82) is 0 Å². The van der Waals surface area contributed by atoms with Crippen molar-refractivity contribution in [3.8, 4) is 0 Å². The zero-order valence-electron chi connectivity index (χ0n) is 12.0. The minimum atomic E-state index is -0.346. The minimum Gasteiger partial charge on any atom is -0.384 e. The van der Waals surface area contributed by atoms with Crippen LogP contribution in [0.2, 0.25) is 0 Å². The molecule has 1 saturated carbocycles. The zero-order chi connectivity index (χ0) is 13.7. The van der Waals surface area contributed by atoms with Crippen LogP contribution in [-0.2, 0) is 9.53 Å². The molecule has 2 fully saturated rings. The third-order valence-electron chi connectivity index (χ3n) is 4.44. The van der Waals surface area contributed by atoms with Crippen LogP contribution < -0.4 is 10.6 Å². The molecule has 3 unspecified atom stereocenters. The summed E-state index contributed by atoms with van der Waals surface area (Å²) in [6.45, 7) is 2.17. The fourth-order valence-electron chi connectivity index (χ4n) is 3.23. The maximum Gasteiger partial charge on any atom is 0.230 e. The first-order valence-corrected chi connectivity index (χ1v) is 8.52. The predicted octanol–water partition coefficient (Wildman–Crippen LogP) is 1.40. The molecule has 19 heavy (non-hydrogen) atoms. The molecule has 1 heterocycles. The average Bonchev–Trinajstić information content (AvgIpc) is 2.89. The molecule has 0 aromatic heterocycles. The van der Waals surface area contributed by atoms with E-state index in [2.05, 4.69) is 16.9 Å². The predicted molar refractivity (Wildman–Crippen MR) is 79.5 cm³/mol. The number of rotatable bonds is 5. The van der Waals surface area contributed by atoms with Crippen LogP contribution in [0.4, 0.5) is 0 Å². The Hall–Kier alpha value is -0.260. The summed E-state index contributed by atoms with van der Waals surface area (Å²) in [6.07, 6.45) is 7.81. The van der Waals surface area contributed by atoms with Gasteiger partial charge in [0.1, 0.15) is 0 Å². The Morgan fingerprint density at radius 1 is 1.53 bits per heavy atom. The fraction of sp³-hybridized carbons (Fsp3) is 0.929. The highest BCUT2D eigenvalue weighted by molar-refractivity contribution is 7.99. The summed E-state index contributed by atoms with van der Waals surface area (Å²) < 4.78 is 5.28. The molecule has 0 radical (unpaired) electrons. The number of carbonyl (C=O) groups is 1. The molecule has 0 spiro atoms. The number of thioether (sulfide) groups is 1. The number of ether oxygens (including phenoxy) is 1. The Labute approximate surface area is 120 Å². The SMILES string of the molecule is COCC1(C(=O)NC2CCCC(SC)C2)CCNC1. The first-order valence-electron chi connectivity index (χ1n) is 7.23. The number of methoxy groups -OCH3 is 1. The molecule has 4 nitrogen and oxygen atoms in total. The average molecular weight is 286 g/mol. The molecule has 0 aromatic carbocycles. The van der Waals surface area contributed by atoms with E-state index in [0.717, 1.165) is 32.4 Å². The Kier molecular flexibility index (Phi) is 5.54. The fourth-order valence-corrected chi connectivity index (χ4v) is 4.06. The lowest BCUT2D eigenvalue weighted by atomic mass is 9.85. The maximum atomic E-state index is 12.6. The second-order valence-corrected chi connectivity index (χ2v) is 6.97. The number of nitrogens with one attached hydrogen (secondary N) is 2. The molecule has 0 aromatic rings. The van der Waals surface area contributed by atoms with Gasteiger partial charge in [-0.3, -0.25) is 4.79 Å². The lowest BCUT2D eigenvalue weighted by Crippen LogP contribution is -2.50. The maximum absolute atomic E-state index is 12.6. The normalized spacial score (nSPS) is 35.3. The van der Waals surface area contributed by atoms with Gasteiger partial charge in [0.05, 0.1) is 12.0 Å². The van der Waals surface area contributed by atoms with Crippen molar-refractivity contribution in [3.05, 3.63) is 0 Å². The highest BCUT2D eigenvalue weighted by atomic mass is 32.2. The van der Waals surface area contributed by atoms with Gasteiger partial charge in [-0.25, -0.2) is 0 Å². The van der Waals surface area contributed by atoms with Gasteiger partial charge in [0, 0.05) is 24.9 Å². The summed E-state index contributed by atoms with van der Waals surface area (Å²) >= 11 is 1.93. The molecular formula is C14H26N2O2S. The Bertz CT molecular complexity index is 306. The van der Waals surface area contributed by atoms with Gasteiger partial charge < -0.3 is 15.4 Å². The first kappa shape index (κ1) is 15.1. The number of amides is 1. The van der Waals surface area contributed by atoms with Crippen molar-refractivity contribution in [2.75, 3.05) is 33.1 Å². The Morgan fingerprint density at radius 2 is 2.37 bits per heavy atom. The van der Waals surface area contributed by atoms with Crippen LogP contribution in [0, 0.1) is 5.41 Å². The van der Waals surface area contributed by atoms with E-state index in [-0.39, 0.29) is 11.3 Å². The lowest BCUT2D eigenvalue weighted by molar-refractivity contribution is -0.133. The van der Waals surface area contributed by atoms with Crippen molar-refractivity contribution < 1.29 is 9.53 Å². The van der Waals surface area contributed by atoms with E-state index < -0.39 is 0 Å². The Balaban J connectivity index is 1.91.